The molecule has 0 bridgehead atoms. The zero-order valence-electron chi connectivity index (χ0n) is 7.97. The highest BCUT2D eigenvalue weighted by molar-refractivity contribution is 7.09. The Balaban J connectivity index is 2.33. The Hall–Kier alpha value is -1.70. The summed E-state index contributed by atoms with van der Waals surface area (Å²) >= 11 is 1.55. The molecule has 1 heterocycles. The third kappa shape index (κ3) is 2.04. The van der Waals surface area contributed by atoms with Crippen LogP contribution in [0.15, 0.2) is 29.6 Å². The van der Waals surface area contributed by atoms with Gasteiger partial charge in [0.2, 0.25) is 0 Å². The van der Waals surface area contributed by atoms with E-state index in [2.05, 4.69) is 11.1 Å². The van der Waals surface area contributed by atoms with E-state index in [1.807, 2.05) is 17.5 Å². The van der Waals surface area contributed by atoms with Crippen molar-refractivity contribution in [3.05, 3.63) is 40.2 Å². The van der Waals surface area contributed by atoms with Crippen LogP contribution in [0.1, 0.15) is 10.6 Å². The van der Waals surface area contributed by atoms with Gasteiger partial charge in [0.1, 0.15) is 5.01 Å². The molecule has 0 aliphatic heterocycles. The fraction of sp³-hybridized carbons (Fsp3) is 0.0909. The van der Waals surface area contributed by atoms with Crippen molar-refractivity contribution in [2.24, 2.45) is 5.73 Å². The fourth-order valence-electron chi connectivity index (χ4n) is 1.25. The van der Waals surface area contributed by atoms with Crippen LogP contribution in [0.2, 0.25) is 0 Å². The third-order valence-electron chi connectivity index (χ3n) is 2.04. The normalized spacial score (nSPS) is 9.87. The summed E-state index contributed by atoms with van der Waals surface area (Å²) in [4.78, 5) is 4.37. The van der Waals surface area contributed by atoms with E-state index in [-0.39, 0.29) is 0 Å². The summed E-state index contributed by atoms with van der Waals surface area (Å²) in [5.41, 5.74) is 8.09. The van der Waals surface area contributed by atoms with Gasteiger partial charge in [-0.05, 0) is 12.1 Å². The Morgan fingerprint density at radius 2 is 2.07 bits per heavy atom. The first-order valence-corrected chi connectivity index (χ1v) is 5.36. The monoisotopic (exact) mass is 215 g/mol. The highest BCUT2D eigenvalue weighted by Crippen LogP contribution is 2.21. The minimum atomic E-state index is 0.473. The van der Waals surface area contributed by atoms with E-state index in [1.165, 1.54) is 0 Å². The number of nitriles is 1. The first-order chi connectivity index (χ1) is 7.33. The lowest BCUT2D eigenvalue weighted by molar-refractivity contribution is 1.04. The number of hydrogen-bond donors (Lipinski definition) is 1. The van der Waals surface area contributed by atoms with E-state index in [1.54, 1.807) is 23.5 Å². The molecule has 3 nitrogen and oxygen atoms in total. The van der Waals surface area contributed by atoms with Gasteiger partial charge in [0.15, 0.2) is 0 Å². The average molecular weight is 215 g/mol. The minimum Gasteiger partial charge on any atom is -0.325 e. The van der Waals surface area contributed by atoms with Crippen molar-refractivity contribution in [2.45, 2.75) is 6.54 Å². The largest absolute Gasteiger partial charge is 0.325 e. The maximum Gasteiger partial charge on any atom is 0.107 e. The topological polar surface area (TPSA) is 62.7 Å². The molecule has 0 aliphatic rings. The number of nitrogens with two attached hydrogens (primary N) is 1. The van der Waals surface area contributed by atoms with Crippen LogP contribution in [-0.4, -0.2) is 4.98 Å². The third-order valence-corrected chi connectivity index (χ3v) is 2.91. The molecule has 0 saturated heterocycles. The number of rotatable bonds is 2. The van der Waals surface area contributed by atoms with E-state index in [0.29, 0.717) is 12.1 Å². The number of hydrogen-bond acceptors (Lipinski definition) is 4. The SMILES string of the molecule is N#Cc1ccc(-c2csc(CN)n2)cc1. The molecule has 1 aromatic heterocycles. The van der Waals surface area contributed by atoms with Crippen LogP contribution in [0.3, 0.4) is 0 Å². The Morgan fingerprint density at radius 1 is 1.33 bits per heavy atom. The molecule has 4 heteroatoms. The Morgan fingerprint density at radius 3 is 2.60 bits per heavy atom. The van der Waals surface area contributed by atoms with Gasteiger partial charge in [-0.1, -0.05) is 12.1 Å². The molecule has 1 aromatic carbocycles. The molecule has 0 fully saturated rings. The predicted molar refractivity (Wildman–Crippen MR) is 60.2 cm³/mol. The molecule has 2 aromatic rings. The van der Waals surface area contributed by atoms with Gasteiger partial charge in [0.25, 0.3) is 0 Å². The van der Waals surface area contributed by atoms with Gasteiger partial charge in [-0.2, -0.15) is 5.26 Å². The van der Waals surface area contributed by atoms with Crippen LogP contribution in [0, 0.1) is 11.3 Å². The molecular formula is C11H9N3S. The number of nitrogens with zero attached hydrogens (tertiary/aromatic N) is 2. The van der Waals surface area contributed by atoms with Gasteiger partial charge in [0, 0.05) is 17.5 Å². The fourth-order valence-corrected chi connectivity index (χ4v) is 1.94. The molecule has 15 heavy (non-hydrogen) atoms. The predicted octanol–water partition coefficient (Wildman–Crippen LogP) is 2.14. The van der Waals surface area contributed by atoms with Gasteiger partial charge >= 0.3 is 0 Å². The average Bonchev–Trinajstić information content (AvgIpc) is 2.78. The first-order valence-electron chi connectivity index (χ1n) is 4.48. The van der Waals surface area contributed by atoms with Crippen LogP contribution in [-0.2, 0) is 6.54 Å². The van der Waals surface area contributed by atoms with Crippen molar-refractivity contribution in [3.63, 3.8) is 0 Å². The highest BCUT2D eigenvalue weighted by Gasteiger charge is 2.02. The van der Waals surface area contributed by atoms with E-state index in [4.69, 9.17) is 11.0 Å². The molecular weight excluding hydrogens is 206 g/mol. The molecule has 2 N–H and O–H groups in total. The van der Waals surface area contributed by atoms with Crippen LogP contribution < -0.4 is 5.73 Å². The summed E-state index contributed by atoms with van der Waals surface area (Å²) in [5.74, 6) is 0. The molecule has 2 rings (SSSR count). The lowest BCUT2D eigenvalue weighted by atomic mass is 10.1. The smallest absolute Gasteiger partial charge is 0.107 e. The highest BCUT2D eigenvalue weighted by atomic mass is 32.1. The number of thiazole rings is 1. The summed E-state index contributed by atoms with van der Waals surface area (Å²) in [6.07, 6.45) is 0. The molecule has 0 unspecified atom stereocenters. The maximum atomic E-state index is 8.66. The number of aromatic nitrogens is 1. The van der Waals surface area contributed by atoms with Crippen LogP contribution in [0.25, 0.3) is 11.3 Å². The summed E-state index contributed by atoms with van der Waals surface area (Å²) in [6.45, 7) is 0.473. The molecule has 0 atom stereocenters. The molecule has 0 amide bonds. The molecule has 74 valence electrons. The first kappa shape index (κ1) is 9.84. The van der Waals surface area contributed by atoms with Crippen molar-refractivity contribution in [1.82, 2.24) is 4.98 Å². The zero-order valence-corrected chi connectivity index (χ0v) is 8.79. The second kappa shape index (κ2) is 4.22. The van der Waals surface area contributed by atoms with Crippen LogP contribution in [0.5, 0.6) is 0 Å². The Bertz CT molecular complexity index is 493. The van der Waals surface area contributed by atoms with Crippen molar-refractivity contribution in [1.29, 1.82) is 5.26 Å². The van der Waals surface area contributed by atoms with Crippen molar-refractivity contribution in [3.8, 4) is 17.3 Å². The summed E-state index contributed by atoms with van der Waals surface area (Å²) in [7, 11) is 0. The molecule has 0 saturated carbocycles. The summed E-state index contributed by atoms with van der Waals surface area (Å²) in [5, 5.41) is 11.6. The second-order valence-corrected chi connectivity index (χ2v) is 3.96. The van der Waals surface area contributed by atoms with Gasteiger partial charge < -0.3 is 5.73 Å². The van der Waals surface area contributed by atoms with Crippen molar-refractivity contribution < 1.29 is 0 Å². The standard InChI is InChI=1S/C11H9N3S/c12-5-8-1-3-9(4-2-8)10-7-15-11(6-13)14-10/h1-4,7H,6,13H2. The number of benzene rings is 1. The zero-order chi connectivity index (χ0) is 10.7. The summed E-state index contributed by atoms with van der Waals surface area (Å²) < 4.78 is 0. The Kier molecular flexibility index (Phi) is 2.77. The summed E-state index contributed by atoms with van der Waals surface area (Å²) in [6, 6.07) is 9.45. The van der Waals surface area contributed by atoms with Crippen molar-refractivity contribution >= 4 is 11.3 Å². The van der Waals surface area contributed by atoms with Gasteiger partial charge in [-0.3, -0.25) is 0 Å². The Labute approximate surface area is 91.8 Å². The van der Waals surface area contributed by atoms with Gasteiger partial charge in [0.05, 0.1) is 17.3 Å². The molecule has 0 spiro atoms. The van der Waals surface area contributed by atoms with Gasteiger partial charge in [-0.15, -0.1) is 11.3 Å². The minimum absolute atomic E-state index is 0.473. The lowest BCUT2D eigenvalue weighted by Crippen LogP contribution is -1.94. The van der Waals surface area contributed by atoms with E-state index < -0.39 is 0 Å². The maximum absolute atomic E-state index is 8.66. The van der Waals surface area contributed by atoms with E-state index >= 15 is 0 Å². The second-order valence-electron chi connectivity index (χ2n) is 3.02. The molecule has 0 aliphatic carbocycles. The van der Waals surface area contributed by atoms with E-state index in [0.717, 1.165) is 16.3 Å². The molecule has 0 radical (unpaired) electrons. The van der Waals surface area contributed by atoms with Crippen LogP contribution >= 0.6 is 11.3 Å². The van der Waals surface area contributed by atoms with Crippen LogP contribution in [0.4, 0.5) is 0 Å². The quantitative estimate of drug-likeness (QED) is 0.834. The van der Waals surface area contributed by atoms with Crippen molar-refractivity contribution in [2.75, 3.05) is 0 Å². The lowest BCUT2D eigenvalue weighted by Gasteiger charge is -1.95. The van der Waals surface area contributed by atoms with E-state index in [9.17, 15) is 0 Å². The van der Waals surface area contributed by atoms with Gasteiger partial charge in [-0.25, -0.2) is 4.98 Å².